The predicted molar refractivity (Wildman–Crippen MR) is 138 cm³/mol. The molecule has 38 heavy (non-hydrogen) atoms. The highest BCUT2D eigenvalue weighted by atomic mass is 35.5. The Kier molecular flexibility index (Phi) is 8.99. The summed E-state index contributed by atoms with van der Waals surface area (Å²) in [5.41, 5.74) is -1.14. The van der Waals surface area contributed by atoms with Crippen molar-refractivity contribution in [1.82, 2.24) is 4.72 Å². The van der Waals surface area contributed by atoms with Crippen LogP contribution in [-0.2, 0) is 31.0 Å². The molecule has 0 aliphatic heterocycles. The monoisotopic (exact) mass is 609 g/mol. The van der Waals surface area contributed by atoms with Gasteiger partial charge in [0.05, 0.1) is 21.2 Å². The van der Waals surface area contributed by atoms with Gasteiger partial charge < -0.3 is 5.32 Å². The van der Waals surface area contributed by atoms with Crippen LogP contribution in [0.4, 0.5) is 24.5 Å². The summed E-state index contributed by atoms with van der Waals surface area (Å²) < 4.78 is 95.4. The number of amides is 1. The highest BCUT2D eigenvalue weighted by molar-refractivity contribution is 7.92. The maximum absolute atomic E-state index is 13.5. The van der Waals surface area contributed by atoms with Crippen molar-refractivity contribution in [3.05, 3.63) is 82.3 Å². The second kappa shape index (κ2) is 11.5. The Morgan fingerprint density at radius 1 is 0.947 bits per heavy atom. The van der Waals surface area contributed by atoms with Gasteiger partial charge in [-0.25, -0.2) is 21.6 Å². The Hall–Kier alpha value is -2.84. The molecule has 0 saturated heterocycles. The summed E-state index contributed by atoms with van der Waals surface area (Å²) in [5.74, 6) is -0.390. The van der Waals surface area contributed by atoms with Crippen LogP contribution in [0.25, 0.3) is 0 Å². The molecule has 0 fully saturated rings. The lowest BCUT2D eigenvalue weighted by Gasteiger charge is -2.25. The first kappa shape index (κ1) is 29.7. The average Bonchev–Trinajstić information content (AvgIpc) is 2.82. The second-order valence-electron chi connectivity index (χ2n) is 7.80. The van der Waals surface area contributed by atoms with Crippen molar-refractivity contribution < 1.29 is 34.8 Å². The zero-order valence-corrected chi connectivity index (χ0v) is 22.6. The molecule has 3 rings (SSSR count). The summed E-state index contributed by atoms with van der Waals surface area (Å²) in [6, 6.07) is 12.3. The molecular formula is C23H20Cl2F3N3O5S2. The zero-order valence-electron chi connectivity index (χ0n) is 19.5. The standard InChI is InChI=1S/C23H20Cl2F3N3O5S2/c1-15(32)30-18-6-8-20(9-7-18)38(35,36)31(19-4-2-3-16(13-19)23(26,27)28)12-11-29-37(33,34)22-14-17(24)5-10-21(22)25/h2-10,13-14,29H,11-12H2,1H3,(H,30,32). The number of alkyl halides is 3. The number of carbonyl (C=O) groups excluding carboxylic acids is 1. The molecule has 0 spiro atoms. The molecule has 0 radical (unpaired) electrons. The minimum Gasteiger partial charge on any atom is -0.326 e. The van der Waals surface area contributed by atoms with Crippen LogP contribution in [0.2, 0.25) is 10.0 Å². The van der Waals surface area contributed by atoms with Gasteiger partial charge in [-0.2, -0.15) is 13.2 Å². The summed E-state index contributed by atoms with van der Waals surface area (Å²) in [5, 5.41) is 2.43. The van der Waals surface area contributed by atoms with E-state index in [1.807, 2.05) is 0 Å². The minimum absolute atomic E-state index is 0.0886. The third-order valence-corrected chi connectivity index (χ3v) is 9.03. The molecule has 0 aliphatic rings. The molecule has 204 valence electrons. The van der Waals surface area contributed by atoms with Gasteiger partial charge in [0.1, 0.15) is 4.90 Å². The fraction of sp³-hybridized carbons (Fsp3) is 0.174. The van der Waals surface area contributed by atoms with Crippen LogP contribution in [-0.4, -0.2) is 35.8 Å². The van der Waals surface area contributed by atoms with Gasteiger partial charge in [0.15, 0.2) is 0 Å². The van der Waals surface area contributed by atoms with E-state index in [1.165, 1.54) is 31.2 Å². The molecule has 3 aromatic carbocycles. The number of carbonyl (C=O) groups is 1. The topological polar surface area (TPSA) is 113 Å². The van der Waals surface area contributed by atoms with Gasteiger partial charge in [0, 0.05) is 30.7 Å². The SMILES string of the molecule is CC(=O)Nc1ccc(S(=O)(=O)N(CCNS(=O)(=O)c2cc(Cl)ccc2Cl)c2cccc(C(F)(F)F)c2)cc1. The molecule has 0 atom stereocenters. The highest BCUT2D eigenvalue weighted by Crippen LogP contribution is 2.33. The fourth-order valence-corrected chi connectivity index (χ4v) is 6.55. The first-order valence-electron chi connectivity index (χ1n) is 10.6. The molecular weight excluding hydrogens is 590 g/mol. The molecule has 1 amide bonds. The smallest absolute Gasteiger partial charge is 0.326 e. The highest BCUT2D eigenvalue weighted by Gasteiger charge is 2.33. The first-order valence-corrected chi connectivity index (χ1v) is 14.3. The summed E-state index contributed by atoms with van der Waals surface area (Å²) in [4.78, 5) is 10.6. The number of anilines is 2. The molecule has 3 aromatic rings. The number of nitrogens with one attached hydrogen (secondary N) is 2. The van der Waals surface area contributed by atoms with Crippen molar-refractivity contribution in [1.29, 1.82) is 0 Å². The molecule has 8 nitrogen and oxygen atoms in total. The van der Waals surface area contributed by atoms with Gasteiger partial charge in [0.2, 0.25) is 15.9 Å². The first-order chi connectivity index (χ1) is 17.6. The lowest BCUT2D eigenvalue weighted by molar-refractivity contribution is -0.137. The van der Waals surface area contributed by atoms with E-state index in [1.54, 1.807) is 0 Å². The Balaban J connectivity index is 1.97. The van der Waals surface area contributed by atoms with Crippen LogP contribution in [0.15, 0.2) is 76.5 Å². The van der Waals surface area contributed by atoms with Crippen LogP contribution in [0, 0.1) is 0 Å². The normalized spacial score (nSPS) is 12.3. The van der Waals surface area contributed by atoms with Crippen molar-refractivity contribution in [2.24, 2.45) is 0 Å². The number of halogens is 5. The van der Waals surface area contributed by atoms with E-state index >= 15 is 0 Å². The number of sulfonamides is 2. The summed E-state index contributed by atoms with van der Waals surface area (Å²) in [6.07, 6.45) is -4.75. The summed E-state index contributed by atoms with van der Waals surface area (Å²) >= 11 is 11.8. The fourth-order valence-electron chi connectivity index (χ4n) is 3.31. The number of nitrogens with zero attached hydrogens (tertiary/aromatic N) is 1. The summed E-state index contributed by atoms with van der Waals surface area (Å²) in [7, 11) is -8.75. The van der Waals surface area contributed by atoms with Gasteiger partial charge in [0.25, 0.3) is 10.0 Å². The predicted octanol–water partition coefficient (Wildman–Crippen LogP) is 5.14. The molecule has 0 unspecified atom stereocenters. The van der Waals surface area contributed by atoms with Gasteiger partial charge in [-0.05, 0) is 60.7 Å². The summed E-state index contributed by atoms with van der Waals surface area (Å²) in [6.45, 7) is 0.163. The van der Waals surface area contributed by atoms with Crippen LogP contribution in [0.1, 0.15) is 12.5 Å². The van der Waals surface area contributed by atoms with Crippen molar-refractivity contribution in [3.8, 4) is 0 Å². The quantitative estimate of drug-likeness (QED) is 0.349. The Bertz CT molecular complexity index is 1550. The van der Waals surface area contributed by atoms with Crippen molar-refractivity contribution >= 4 is 60.5 Å². The molecule has 0 heterocycles. The molecule has 0 aromatic heterocycles. The average molecular weight is 610 g/mol. The largest absolute Gasteiger partial charge is 0.416 e. The number of rotatable bonds is 9. The number of hydrogen-bond donors (Lipinski definition) is 2. The van der Waals surface area contributed by atoms with Gasteiger partial charge in [-0.1, -0.05) is 29.3 Å². The molecule has 2 N–H and O–H groups in total. The third kappa shape index (κ3) is 7.17. The van der Waals surface area contributed by atoms with Gasteiger partial charge >= 0.3 is 6.18 Å². The minimum atomic E-state index is -4.75. The van der Waals surface area contributed by atoms with Crippen molar-refractivity contribution in [2.75, 3.05) is 22.7 Å². The van der Waals surface area contributed by atoms with Gasteiger partial charge in [-0.15, -0.1) is 0 Å². The Morgan fingerprint density at radius 2 is 1.61 bits per heavy atom. The van der Waals surface area contributed by atoms with E-state index < -0.39 is 50.8 Å². The lowest BCUT2D eigenvalue weighted by Crippen LogP contribution is -2.39. The van der Waals surface area contributed by atoms with E-state index in [4.69, 9.17) is 23.2 Å². The molecule has 0 aliphatic carbocycles. The van der Waals surface area contributed by atoms with E-state index in [0.29, 0.717) is 16.1 Å². The number of benzene rings is 3. The van der Waals surface area contributed by atoms with Crippen LogP contribution in [0.3, 0.4) is 0 Å². The third-order valence-electron chi connectivity index (χ3n) is 5.01. The van der Waals surface area contributed by atoms with E-state index in [-0.39, 0.29) is 25.5 Å². The van der Waals surface area contributed by atoms with Gasteiger partial charge in [-0.3, -0.25) is 9.10 Å². The zero-order chi connectivity index (χ0) is 28.3. The van der Waals surface area contributed by atoms with Crippen molar-refractivity contribution in [2.45, 2.75) is 22.9 Å². The van der Waals surface area contributed by atoms with Crippen molar-refractivity contribution in [3.63, 3.8) is 0 Å². The van der Waals surface area contributed by atoms with E-state index in [2.05, 4.69) is 10.0 Å². The Morgan fingerprint density at radius 3 is 2.21 bits per heavy atom. The number of hydrogen-bond acceptors (Lipinski definition) is 5. The van der Waals surface area contributed by atoms with Crippen LogP contribution in [0.5, 0.6) is 0 Å². The molecule has 15 heteroatoms. The van der Waals surface area contributed by atoms with Crippen LogP contribution < -0.4 is 14.3 Å². The Labute approximate surface area is 227 Å². The maximum Gasteiger partial charge on any atom is 0.416 e. The van der Waals surface area contributed by atoms with E-state index in [0.717, 1.165) is 36.4 Å². The lowest BCUT2D eigenvalue weighted by atomic mass is 10.2. The molecule has 0 bridgehead atoms. The maximum atomic E-state index is 13.5. The second-order valence-corrected chi connectivity index (χ2v) is 12.2. The van der Waals surface area contributed by atoms with Crippen LogP contribution >= 0.6 is 23.2 Å². The molecule has 0 saturated carbocycles. The van der Waals surface area contributed by atoms with E-state index in [9.17, 15) is 34.8 Å².